The Balaban J connectivity index is 2.73. The minimum Gasteiger partial charge on any atom is -0.383 e. The molecule has 0 atom stereocenters. The van der Waals surface area contributed by atoms with Gasteiger partial charge in [0.15, 0.2) is 0 Å². The SMILES string of the molecule is CCNCCOCNCCOC. The lowest BCUT2D eigenvalue weighted by atomic mass is 10.6. The first-order valence-corrected chi connectivity index (χ1v) is 4.40. The molecule has 0 aromatic rings. The summed E-state index contributed by atoms with van der Waals surface area (Å²) in [5.74, 6) is 0. The Labute approximate surface area is 74.6 Å². The monoisotopic (exact) mass is 176 g/mol. The third-order valence-electron chi connectivity index (χ3n) is 1.36. The third-order valence-corrected chi connectivity index (χ3v) is 1.36. The van der Waals surface area contributed by atoms with Gasteiger partial charge in [-0.1, -0.05) is 6.92 Å². The Hall–Kier alpha value is -0.160. The standard InChI is InChI=1S/C8H20N2O2/c1-3-9-5-7-12-8-10-4-6-11-2/h9-10H,3-8H2,1-2H3. The van der Waals surface area contributed by atoms with Crippen molar-refractivity contribution < 1.29 is 9.47 Å². The van der Waals surface area contributed by atoms with E-state index in [1.807, 2.05) is 0 Å². The van der Waals surface area contributed by atoms with Crippen molar-refractivity contribution >= 4 is 0 Å². The molecule has 4 nitrogen and oxygen atoms in total. The normalized spacial score (nSPS) is 10.5. The smallest absolute Gasteiger partial charge is 0.0966 e. The van der Waals surface area contributed by atoms with E-state index in [4.69, 9.17) is 9.47 Å². The highest BCUT2D eigenvalue weighted by Gasteiger charge is 1.86. The predicted octanol–water partition coefficient (Wildman–Crippen LogP) is -0.194. The molecule has 0 aromatic heterocycles. The number of hydrogen-bond acceptors (Lipinski definition) is 4. The molecular weight excluding hydrogens is 156 g/mol. The van der Waals surface area contributed by atoms with Crippen LogP contribution in [0.5, 0.6) is 0 Å². The van der Waals surface area contributed by atoms with E-state index < -0.39 is 0 Å². The summed E-state index contributed by atoms with van der Waals surface area (Å²) >= 11 is 0. The van der Waals surface area contributed by atoms with Crippen molar-refractivity contribution in [1.29, 1.82) is 0 Å². The molecular formula is C8H20N2O2. The first-order chi connectivity index (χ1) is 5.91. The van der Waals surface area contributed by atoms with Gasteiger partial charge in [0.05, 0.1) is 19.9 Å². The van der Waals surface area contributed by atoms with Crippen LogP contribution in [0.4, 0.5) is 0 Å². The van der Waals surface area contributed by atoms with Crippen LogP contribution < -0.4 is 10.6 Å². The van der Waals surface area contributed by atoms with E-state index in [0.29, 0.717) is 6.73 Å². The molecule has 0 fully saturated rings. The lowest BCUT2D eigenvalue weighted by molar-refractivity contribution is 0.109. The molecule has 0 radical (unpaired) electrons. The van der Waals surface area contributed by atoms with Crippen LogP contribution in [0.1, 0.15) is 6.92 Å². The van der Waals surface area contributed by atoms with Crippen molar-refractivity contribution in [2.45, 2.75) is 6.92 Å². The highest BCUT2D eigenvalue weighted by molar-refractivity contribution is 4.41. The zero-order valence-electron chi connectivity index (χ0n) is 8.06. The van der Waals surface area contributed by atoms with Crippen LogP contribution in [0.3, 0.4) is 0 Å². The maximum Gasteiger partial charge on any atom is 0.0966 e. The summed E-state index contributed by atoms with van der Waals surface area (Å²) in [6.07, 6.45) is 0. The maximum atomic E-state index is 5.25. The second-order valence-corrected chi connectivity index (χ2v) is 2.40. The molecule has 0 saturated carbocycles. The minimum atomic E-state index is 0.606. The van der Waals surface area contributed by atoms with Gasteiger partial charge in [-0.25, -0.2) is 0 Å². The number of hydrogen-bond donors (Lipinski definition) is 2. The van der Waals surface area contributed by atoms with Crippen molar-refractivity contribution in [1.82, 2.24) is 10.6 Å². The molecule has 12 heavy (non-hydrogen) atoms. The molecule has 74 valence electrons. The lowest BCUT2D eigenvalue weighted by Crippen LogP contribution is -2.25. The van der Waals surface area contributed by atoms with Gasteiger partial charge >= 0.3 is 0 Å². The molecule has 0 heterocycles. The summed E-state index contributed by atoms with van der Waals surface area (Å²) in [6.45, 7) is 6.94. The summed E-state index contributed by atoms with van der Waals surface area (Å²) in [7, 11) is 1.69. The molecule has 2 N–H and O–H groups in total. The van der Waals surface area contributed by atoms with Gasteiger partial charge in [-0.15, -0.1) is 0 Å². The van der Waals surface area contributed by atoms with Crippen molar-refractivity contribution in [3.8, 4) is 0 Å². The molecule has 0 saturated heterocycles. The predicted molar refractivity (Wildman–Crippen MR) is 49.2 cm³/mol. The molecule has 0 aliphatic rings. The van der Waals surface area contributed by atoms with Crippen LogP contribution in [-0.2, 0) is 9.47 Å². The lowest BCUT2D eigenvalue weighted by Gasteiger charge is -2.05. The molecule has 0 unspecified atom stereocenters. The van der Waals surface area contributed by atoms with Crippen LogP contribution in [-0.4, -0.2) is 46.7 Å². The van der Waals surface area contributed by atoms with Crippen molar-refractivity contribution in [2.24, 2.45) is 0 Å². The van der Waals surface area contributed by atoms with E-state index in [1.165, 1.54) is 0 Å². The van der Waals surface area contributed by atoms with Crippen LogP contribution in [0, 0.1) is 0 Å². The van der Waals surface area contributed by atoms with Crippen LogP contribution in [0.15, 0.2) is 0 Å². The number of rotatable bonds is 9. The number of likely N-dealkylation sites (N-methyl/N-ethyl adjacent to an activating group) is 1. The number of ether oxygens (including phenoxy) is 2. The van der Waals surface area contributed by atoms with Crippen molar-refractivity contribution in [3.63, 3.8) is 0 Å². The summed E-state index contributed by atoms with van der Waals surface area (Å²) in [6, 6.07) is 0. The second kappa shape index (κ2) is 10.8. The maximum absolute atomic E-state index is 5.25. The first kappa shape index (κ1) is 11.8. The Kier molecular flexibility index (Phi) is 10.7. The minimum absolute atomic E-state index is 0.606. The zero-order valence-corrected chi connectivity index (χ0v) is 8.06. The van der Waals surface area contributed by atoms with E-state index >= 15 is 0 Å². The van der Waals surface area contributed by atoms with Gasteiger partial charge < -0.3 is 14.8 Å². The number of methoxy groups -OCH3 is 1. The van der Waals surface area contributed by atoms with E-state index in [2.05, 4.69) is 17.6 Å². The molecule has 4 heteroatoms. The van der Waals surface area contributed by atoms with Gasteiger partial charge in [-0.3, -0.25) is 5.32 Å². The Bertz CT molecular complexity index is 71.5. The van der Waals surface area contributed by atoms with Gasteiger partial charge in [-0.05, 0) is 6.54 Å². The summed E-state index contributed by atoms with van der Waals surface area (Å²) < 4.78 is 10.1. The van der Waals surface area contributed by atoms with Crippen molar-refractivity contribution in [3.05, 3.63) is 0 Å². The third kappa shape index (κ3) is 9.84. The second-order valence-electron chi connectivity index (χ2n) is 2.40. The Morgan fingerprint density at radius 1 is 1.08 bits per heavy atom. The summed E-state index contributed by atoms with van der Waals surface area (Å²) in [5.41, 5.74) is 0. The van der Waals surface area contributed by atoms with Gasteiger partial charge in [0.25, 0.3) is 0 Å². The molecule has 0 bridgehead atoms. The average Bonchev–Trinajstić information content (AvgIpc) is 2.10. The fourth-order valence-corrected chi connectivity index (χ4v) is 0.712. The zero-order chi connectivity index (χ0) is 9.07. The molecule has 0 aliphatic heterocycles. The Morgan fingerprint density at radius 2 is 1.83 bits per heavy atom. The topological polar surface area (TPSA) is 42.5 Å². The first-order valence-electron chi connectivity index (χ1n) is 4.40. The van der Waals surface area contributed by atoms with Gasteiger partial charge in [0.2, 0.25) is 0 Å². The van der Waals surface area contributed by atoms with Gasteiger partial charge in [-0.2, -0.15) is 0 Å². The average molecular weight is 176 g/mol. The van der Waals surface area contributed by atoms with Crippen molar-refractivity contribution in [2.75, 3.05) is 46.7 Å². The highest BCUT2D eigenvalue weighted by Crippen LogP contribution is 1.70. The highest BCUT2D eigenvalue weighted by atomic mass is 16.5. The van der Waals surface area contributed by atoms with Crippen LogP contribution in [0.2, 0.25) is 0 Å². The number of nitrogens with one attached hydrogen (secondary N) is 2. The fraction of sp³-hybridized carbons (Fsp3) is 1.00. The fourth-order valence-electron chi connectivity index (χ4n) is 0.712. The molecule has 0 rings (SSSR count). The van der Waals surface area contributed by atoms with E-state index in [1.54, 1.807) is 7.11 Å². The van der Waals surface area contributed by atoms with Gasteiger partial charge in [0.1, 0.15) is 0 Å². The van der Waals surface area contributed by atoms with Crippen LogP contribution >= 0.6 is 0 Å². The summed E-state index contributed by atoms with van der Waals surface area (Å²) in [5, 5.41) is 6.26. The molecule has 0 aromatic carbocycles. The molecule has 0 amide bonds. The van der Waals surface area contributed by atoms with E-state index in [0.717, 1.165) is 32.8 Å². The van der Waals surface area contributed by atoms with E-state index in [9.17, 15) is 0 Å². The van der Waals surface area contributed by atoms with E-state index in [-0.39, 0.29) is 0 Å². The largest absolute Gasteiger partial charge is 0.383 e. The Morgan fingerprint density at radius 3 is 2.50 bits per heavy atom. The van der Waals surface area contributed by atoms with Crippen LogP contribution in [0.25, 0.3) is 0 Å². The van der Waals surface area contributed by atoms with Gasteiger partial charge in [0, 0.05) is 20.2 Å². The molecule has 0 aliphatic carbocycles. The summed E-state index contributed by atoms with van der Waals surface area (Å²) in [4.78, 5) is 0. The quantitative estimate of drug-likeness (QED) is 0.377. The molecule has 0 spiro atoms.